The summed E-state index contributed by atoms with van der Waals surface area (Å²) in [6.45, 7) is 4.82. The van der Waals surface area contributed by atoms with E-state index >= 15 is 0 Å². The molecule has 0 atom stereocenters. The number of hydrogen-bond acceptors (Lipinski definition) is 4. The van der Waals surface area contributed by atoms with Gasteiger partial charge >= 0.3 is 5.69 Å². The van der Waals surface area contributed by atoms with Gasteiger partial charge in [0.05, 0.1) is 11.6 Å². The average molecular weight is 265 g/mol. The van der Waals surface area contributed by atoms with Crippen molar-refractivity contribution in [3.8, 4) is 0 Å². The van der Waals surface area contributed by atoms with Gasteiger partial charge in [-0.1, -0.05) is 6.92 Å². The van der Waals surface area contributed by atoms with E-state index in [1.165, 1.54) is 22.0 Å². The van der Waals surface area contributed by atoms with E-state index in [9.17, 15) is 9.59 Å². The maximum absolute atomic E-state index is 12.1. The van der Waals surface area contributed by atoms with Gasteiger partial charge in [-0.05, 0) is 13.3 Å². The number of nitrogens with zero attached hydrogens (tertiary/aromatic N) is 3. The van der Waals surface area contributed by atoms with Crippen LogP contribution in [0.3, 0.4) is 0 Å². The molecule has 0 unspecified atom stereocenters. The Hall–Kier alpha value is -1.69. The molecule has 0 aliphatic heterocycles. The number of hydrogen-bond donors (Lipinski definition) is 0. The zero-order chi connectivity index (χ0) is 13.1. The number of aromatic nitrogens is 3. The molecule has 0 aliphatic carbocycles. The Kier molecular flexibility index (Phi) is 3.76. The van der Waals surface area contributed by atoms with Crippen molar-refractivity contribution in [1.29, 1.82) is 0 Å². The predicted molar refractivity (Wildman–Crippen MR) is 71.2 cm³/mol. The third-order valence-electron chi connectivity index (χ3n) is 2.59. The van der Waals surface area contributed by atoms with E-state index < -0.39 is 0 Å². The van der Waals surface area contributed by atoms with Crippen LogP contribution in [0.5, 0.6) is 0 Å². The van der Waals surface area contributed by atoms with E-state index in [0.717, 1.165) is 16.3 Å². The highest BCUT2D eigenvalue weighted by Crippen LogP contribution is 2.11. The van der Waals surface area contributed by atoms with Crippen molar-refractivity contribution in [2.75, 3.05) is 0 Å². The van der Waals surface area contributed by atoms with Crippen molar-refractivity contribution in [3.05, 3.63) is 49.2 Å². The van der Waals surface area contributed by atoms with Crippen LogP contribution in [0.15, 0.2) is 28.0 Å². The zero-order valence-corrected chi connectivity index (χ0v) is 11.2. The second-order valence-electron chi connectivity index (χ2n) is 4.06. The third kappa shape index (κ3) is 2.59. The molecule has 0 aliphatic rings. The summed E-state index contributed by atoms with van der Waals surface area (Å²) >= 11 is 1.50. The molecule has 0 N–H and O–H groups in total. The Bertz CT molecular complexity index is 654. The van der Waals surface area contributed by atoms with E-state index in [1.807, 2.05) is 13.8 Å². The lowest BCUT2D eigenvalue weighted by Gasteiger charge is -2.07. The molecule has 0 amide bonds. The van der Waals surface area contributed by atoms with E-state index in [-0.39, 0.29) is 11.2 Å². The van der Waals surface area contributed by atoms with Gasteiger partial charge in [0.15, 0.2) is 0 Å². The molecule has 0 spiro atoms. The topological polar surface area (TPSA) is 56.9 Å². The van der Waals surface area contributed by atoms with Crippen LogP contribution < -0.4 is 11.2 Å². The first-order chi connectivity index (χ1) is 8.61. The predicted octanol–water partition coefficient (Wildman–Crippen LogP) is 1.23. The lowest BCUT2D eigenvalue weighted by molar-refractivity contribution is 0.572. The zero-order valence-electron chi connectivity index (χ0n) is 10.4. The van der Waals surface area contributed by atoms with Crippen LogP contribution in [-0.4, -0.2) is 14.1 Å². The third-order valence-corrected chi connectivity index (χ3v) is 3.48. The van der Waals surface area contributed by atoms with Gasteiger partial charge in [-0.3, -0.25) is 9.36 Å². The first kappa shape index (κ1) is 12.8. The number of thiazole rings is 1. The molecule has 2 aromatic rings. The fraction of sp³-hybridized carbons (Fsp3) is 0.417. The van der Waals surface area contributed by atoms with Crippen molar-refractivity contribution >= 4 is 11.3 Å². The highest BCUT2D eigenvalue weighted by molar-refractivity contribution is 7.11. The number of rotatable bonds is 4. The van der Waals surface area contributed by atoms with Gasteiger partial charge in [0.2, 0.25) is 0 Å². The minimum Gasteiger partial charge on any atom is -0.300 e. The van der Waals surface area contributed by atoms with E-state index in [0.29, 0.717) is 13.1 Å². The van der Waals surface area contributed by atoms with Gasteiger partial charge in [0, 0.05) is 29.9 Å². The molecular formula is C12H15N3O2S. The van der Waals surface area contributed by atoms with Gasteiger partial charge in [-0.25, -0.2) is 9.78 Å². The van der Waals surface area contributed by atoms with Gasteiger partial charge in [0.1, 0.15) is 0 Å². The molecule has 0 radical (unpaired) electrons. The lowest BCUT2D eigenvalue weighted by atomic mass is 10.4. The van der Waals surface area contributed by atoms with Crippen molar-refractivity contribution < 1.29 is 0 Å². The fourth-order valence-electron chi connectivity index (χ4n) is 1.75. The molecule has 2 heterocycles. The van der Waals surface area contributed by atoms with Crippen LogP contribution in [0, 0.1) is 6.92 Å². The normalized spacial score (nSPS) is 10.8. The van der Waals surface area contributed by atoms with Crippen LogP contribution in [-0.2, 0) is 13.1 Å². The molecule has 2 aromatic heterocycles. The summed E-state index contributed by atoms with van der Waals surface area (Å²) < 4.78 is 2.82. The van der Waals surface area contributed by atoms with E-state index in [1.54, 1.807) is 17.0 Å². The molecule has 5 nitrogen and oxygen atoms in total. The van der Waals surface area contributed by atoms with Crippen LogP contribution >= 0.6 is 11.3 Å². The van der Waals surface area contributed by atoms with Gasteiger partial charge in [-0.15, -0.1) is 11.3 Å². The van der Waals surface area contributed by atoms with Crippen molar-refractivity contribution in [2.24, 2.45) is 0 Å². The van der Waals surface area contributed by atoms with Crippen LogP contribution in [0.2, 0.25) is 0 Å². The molecule has 0 saturated carbocycles. The number of aryl methyl sites for hydroxylation is 2. The summed E-state index contributed by atoms with van der Waals surface area (Å²) in [5, 5.41) is 0.933. The summed E-state index contributed by atoms with van der Waals surface area (Å²) in [7, 11) is 0. The van der Waals surface area contributed by atoms with E-state index in [2.05, 4.69) is 4.98 Å². The van der Waals surface area contributed by atoms with Crippen molar-refractivity contribution in [3.63, 3.8) is 0 Å². The standard InChI is InChI=1S/C12H15N3O2S/c1-3-5-14-6-4-11(16)15(12(14)17)8-10-7-13-9(2)18-10/h4,6-7H,3,5,8H2,1-2H3. The Labute approximate surface area is 108 Å². The van der Waals surface area contributed by atoms with Gasteiger partial charge in [0.25, 0.3) is 5.56 Å². The lowest BCUT2D eigenvalue weighted by Crippen LogP contribution is -2.39. The molecule has 0 bridgehead atoms. The van der Waals surface area contributed by atoms with Crippen molar-refractivity contribution in [1.82, 2.24) is 14.1 Å². The second kappa shape index (κ2) is 5.30. The molecule has 0 aromatic carbocycles. The van der Waals surface area contributed by atoms with Crippen LogP contribution in [0.4, 0.5) is 0 Å². The summed E-state index contributed by atoms with van der Waals surface area (Å²) in [6.07, 6.45) is 4.13. The fourth-order valence-corrected chi connectivity index (χ4v) is 2.53. The van der Waals surface area contributed by atoms with Crippen LogP contribution in [0.1, 0.15) is 23.2 Å². The summed E-state index contributed by atoms with van der Waals surface area (Å²) in [4.78, 5) is 28.9. The highest BCUT2D eigenvalue weighted by atomic mass is 32.1. The van der Waals surface area contributed by atoms with Gasteiger partial charge in [-0.2, -0.15) is 0 Å². The maximum Gasteiger partial charge on any atom is 0.331 e. The largest absolute Gasteiger partial charge is 0.331 e. The highest BCUT2D eigenvalue weighted by Gasteiger charge is 2.07. The summed E-state index contributed by atoms with van der Waals surface area (Å²) in [6, 6.07) is 1.44. The van der Waals surface area contributed by atoms with Crippen molar-refractivity contribution in [2.45, 2.75) is 33.4 Å². The Morgan fingerprint density at radius 2 is 2.17 bits per heavy atom. The quantitative estimate of drug-likeness (QED) is 0.835. The molecule has 0 fully saturated rings. The minimum absolute atomic E-state index is 0.254. The molecule has 6 heteroatoms. The molecule has 18 heavy (non-hydrogen) atoms. The molecular weight excluding hydrogens is 250 g/mol. The van der Waals surface area contributed by atoms with E-state index in [4.69, 9.17) is 0 Å². The minimum atomic E-state index is -0.265. The van der Waals surface area contributed by atoms with Gasteiger partial charge < -0.3 is 4.57 Å². The Balaban J connectivity index is 2.40. The SMILES string of the molecule is CCCn1ccc(=O)n(Cc2cnc(C)s2)c1=O. The van der Waals surface area contributed by atoms with Crippen LogP contribution in [0.25, 0.3) is 0 Å². The smallest absolute Gasteiger partial charge is 0.300 e. The summed E-state index contributed by atoms with van der Waals surface area (Å²) in [5.74, 6) is 0. The molecule has 96 valence electrons. The Morgan fingerprint density at radius 3 is 2.78 bits per heavy atom. The monoisotopic (exact) mass is 265 g/mol. The Morgan fingerprint density at radius 1 is 1.39 bits per heavy atom. The first-order valence-corrected chi connectivity index (χ1v) is 6.65. The first-order valence-electron chi connectivity index (χ1n) is 5.83. The summed E-state index contributed by atoms with van der Waals surface area (Å²) in [5.41, 5.74) is -0.520. The second-order valence-corrected chi connectivity index (χ2v) is 5.38. The molecule has 2 rings (SSSR count). The maximum atomic E-state index is 12.1. The molecule has 0 saturated heterocycles. The average Bonchev–Trinajstić information content (AvgIpc) is 2.74.